The van der Waals surface area contributed by atoms with Gasteiger partial charge in [0.05, 0.1) is 5.56 Å². The number of carbonyl (C=O) groups is 2. The highest BCUT2D eigenvalue weighted by molar-refractivity contribution is 5.96. The average molecular weight is 289 g/mol. The van der Waals surface area contributed by atoms with Crippen LogP contribution in [0.25, 0.3) is 0 Å². The first kappa shape index (κ1) is 15.5. The van der Waals surface area contributed by atoms with Gasteiger partial charge in [-0.25, -0.2) is 4.79 Å². The summed E-state index contributed by atoms with van der Waals surface area (Å²) in [5.74, 6) is -0.278. The third-order valence-corrected chi connectivity index (χ3v) is 4.29. The molecule has 0 saturated heterocycles. The molecule has 1 aromatic carbocycles. The first-order chi connectivity index (χ1) is 10.1. The maximum atomic E-state index is 12.1. The van der Waals surface area contributed by atoms with Gasteiger partial charge in [-0.3, -0.25) is 4.79 Å². The van der Waals surface area contributed by atoms with Crippen LogP contribution in [0.15, 0.2) is 18.2 Å². The third-order valence-electron chi connectivity index (χ3n) is 4.29. The number of rotatable bonds is 6. The summed E-state index contributed by atoms with van der Waals surface area (Å²) in [6.45, 7) is 1.90. The minimum Gasteiger partial charge on any atom is -0.478 e. The van der Waals surface area contributed by atoms with E-state index in [9.17, 15) is 14.7 Å². The van der Waals surface area contributed by atoms with E-state index >= 15 is 0 Å². The zero-order valence-electron chi connectivity index (χ0n) is 12.5. The normalized spacial score (nSPS) is 15.1. The molecule has 0 aliphatic heterocycles. The Hall–Kier alpha value is -1.84. The minimum atomic E-state index is -0.950. The minimum absolute atomic E-state index is 0.0147. The van der Waals surface area contributed by atoms with Gasteiger partial charge in [-0.15, -0.1) is 0 Å². The summed E-state index contributed by atoms with van der Waals surface area (Å²) in [5.41, 5.74) is 1.60. The van der Waals surface area contributed by atoms with E-state index in [4.69, 9.17) is 0 Å². The zero-order valence-corrected chi connectivity index (χ0v) is 12.5. The van der Waals surface area contributed by atoms with Gasteiger partial charge in [-0.1, -0.05) is 38.7 Å². The van der Waals surface area contributed by atoms with Crippen molar-refractivity contribution < 1.29 is 14.7 Å². The standard InChI is InChI=1S/C17H23NO3/c1-2-13-14(17(20)21)8-5-9-15(13)18-16(19)11-10-12-6-3-4-7-12/h5,8-9,12H,2-4,6-7,10-11H2,1H3,(H,18,19)(H,20,21). The van der Waals surface area contributed by atoms with Crippen LogP contribution in [0.2, 0.25) is 0 Å². The highest BCUT2D eigenvalue weighted by atomic mass is 16.4. The molecular formula is C17H23NO3. The van der Waals surface area contributed by atoms with Crippen LogP contribution < -0.4 is 5.32 Å². The van der Waals surface area contributed by atoms with E-state index in [0.29, 0.717) is 30.0 Å². The van der Waals surface area contributed by atoms with Crippen LogP contribution in [-0.2, 0) is 11.2 Å². The van der Waals surface area contributed by atoms with Gasteiger partial charge in [0.2, 0.25) is 5.91 Å². The highest BCUT2D eigenvalue weighted by Crippen LogP contribution is 2.29. The molecule has 1 aliphatic rings. The Bertz CT molecular complexity index is 519. The fraction of sp³-hybridized carbons (Fsp3) is 0.529. The van der Waals surface area contributed by atoms with Crippen LogP contribution in [0, 0.1) is 5.92 Å². The lowest BCUT2D eigenvalue weighted by Gasteiger charge is -2.13. The Morgan fingerprint density at radius 3 is 2.62 bits per heavy atom. The van der Waals surface area contributed by atoms with Crippen molar-refractivity contribution in [3.05, 3.63) is 29.3 Å². The molecule has 2 rings (SSSR count). The fourth-order valence-corrected chi connectivity index (χ4v) is 3.13. The molecule has 0 unspecified atom stereocenters. The van der Waals surface area contributed by atoms with E-state index in [1.807, 2.05) is 6.92 Å². The SMILES string of the molecule is CCc1c(NC(=O)CCC2CCCC2)cccc1C(=O)O. The molecule has 1 saturated carbocycles. The molecule has 0 bridgehead atoms. The van der Waals surface area contributed by atoms with Crippen LogP contribution in [0.3, 0.4) is 0 Å². The Morgan fingerprint density at radius 2 is 2.00 bits per heavy atom. The van der Waals surface area contributed by atoms with Crippen LogP contribution in [0.1, 0.15) is 61.4 Å². The van der Waals surface area contributed by atoms with Gasteiger partial charge in [0, 0.05) is 12.1 Å². The number of aromatic carboxylic acids is 1. The smallest absolute Gasteiger partial charge is 0.336 e. The summed E-state index contributed by atoms with van der Waals surface area (Å²) in [6, 6.07) is 5.03. The molecule has 0 heterocycles. The largest absolute Gasteiger partial charge is 0.478 e. The molecule has 4 heteroatoms. The number of hydrogen-bond acceptors (Lipinski definition) is 2. The number of carboxylic acids is 1. The van der Waals surface area contributed by atoms with Crippen LogP contribution in [-0.4, -0.2) is 17.0 Å². The molecule has 0 atom stereocenters. The summed E-state index contributed by atoms with van der Waals surface area (Å²) < 4.78 is 0. The Balaban J connectivity index is 1.99. The van der Waals surface area contributed by atoms with Crippen molar-refractivity contribution in [3.8, 4) is 0 Å². The van der Waals surface area contributed by atoms with Gasteiger partial charge in [0.25, 0.3) is 0 Å². The summed E-state index contributed by atoms with van der Waals surface area (Å²) in [7, 11) is 0. The van der Waals surface area contributed by atoms with Gasteiger partial charge >= 0.3 is 5.97 Å². The van der Waals surface area contributed by atoms with Gasteiger partial charge in [0.1, 0.15) is 0 Å². The van der Waals surface area contributed by atoms with E-state index in [1.54, 1.807) is 18.2 Å². The second-order valence-corrected chi connectivity index (χ2v) is 5.73. The van der Waals surface area contributed by atoms with Gasteiger partial charge in [0.15, 0.2) is 0 Å². The van der Waals surface area contributed by atoms with E-state index in [2.05, 4.69) is 5.32 Å². The summed E-state index contributed by atoms with van der Waals surface area (Å²) in [5, 5.41) is 12.1. The van der Waals surface area contributed by atoms with Gasteiger partial charge in [-0.2, -0.15) is 0 Å². The lowest BCUT2D eigenvalue weighted by molar-refractivity contribution is -0.116. The Morgan fingerprint density at radius 1 is 1.29 bits per heavy atom. The average Bonchev–Trinajstić information content (AvgIpc) is 2.98. The van der Waals surface area contributed by atoms with Crippen LogP contribution in [0.5, 0.6) is 0 Å². The predicted molar refractivity (Wildman–Crippen MR) is 82.6 cm³/mol. The number of hydrogen-bond donors (Lipinski definition) is 2. The van der Waals surface area contributed by atoms with Crippen molar-refractivity contribution in [1.82, 2.24) is 0 Å². The molecule has 0 radical (unpaired) electrons. The molecule has 0 spiro atoms. The number of carboxylic acid groups (broad SMARTS) is 1. The topological polar surface area (TPSA) is 66.4 Å². The Labute approximate surface area is 125 Å². The lowest BCUT2D eigenvalue weighted by Crippen LogP contribution is -2.15. The number of benzene rings is 1. The number of carbonyl (C=O) groups excluding carboxylic acids is 1. The van der Waals surface area contributed by atoms with E-state index in [0.717, 1.165) is 6.42 Å². The fourth-order valence-electron chi connectivity index (χ4n) is 3.13. The van der Waals surface area contributed by atoms with Crippen molar-refractivity contribution in [1.29, 1.82) is 0 Å². The summed E-state index contributed by atoms with van der Waals surface area (Å²) in [4.78, 5) is 23.3. The summed E-state index contributed by atoms with van der Waals surface area (Å²) >= 11 is 0. The second-order valence-electron chi connectivity index (χ2n) is 5.73. The first-order valence-electron chi connectivity index (χ1n) is 7.76. The van der Waals surface area contributed by atoms with Gasteiger partial charge < -0.3 is 10.4 Å². The van der Waals surface area contributed by atoms with E-state index < -0.39 is 5.97 Å². The lowest BCUT2D eigenvalue weighted by atomic mass is 10.0. The Kier molecular flexibility index (Phi) is 5.37. The van der Waals surface area contributed by atoms with Gasteiger partial charge in [-0.05, 0) is 36.5 Å². The van der Waals surface area contributed by atoms with Crippen molar-refractivity contribution in [3.63, 3.8) is 0 Å². The van der Waals surface area contributed by atoms with E-state index in [-0.39, 0.29) is 11.5 Å². The quantitative estimate of drug-likeness (QED) is 0.835. The predicted octanol–water partition coefficient (Wildman–Crippen LogP) is 3.86. The monoisotopic (exact) mass is 289 g/mol. The molecular weight excluding hydrogens is 266 g/mol. The second kappa shape index (κ2) is 7.25. The molecule has 114 valence electrons. The number of anilines is 1. The molecule has 1 amide bonds. The zero-order chi connectivity index (χ0) is 15.2. The molecule has 1 aliphatic carbocycles. The molecule has 4 nitrogen and oxygen atoms in total. The maximum Gasteiger partial charge on any atom is 0.336 e. The molecule has 2 N–H and O–H groups in total. The van der Waals surface area contributed by atoms with E-state index in [1.165, 1.54) is 25.7 Å². The highest BCUT2D eigenvalue weighted by Gasteiger charge is 2.17. The molecule has 21 heavy (non-hydrogen) atoms. The maximum absolute atomic E-state index is 12.1. The van der Waals surface area contributed by atoms with Crippen LogP contribution in [0.4, 0.5) is 5.69 Å². The van der Waals surface area contributed by atoms with Crippen molar-refractivity contribution >= 4 is 17.6 Å². The molecule has 0 aromatic heterocycles. The van der Waals surface area contributed by atoms with Crippen molar-refractivity contribution in [2.45, 2.75) is 51.9 Å². The summed E-state index contributed by atoms with van der Waals surface area (Å²) in [6.07, 6.45) is 7.08. The molecule has 1 fully saturated rings. The third kappa shape index (κ3) is 4.06. The van der Waals surface area contributed by atoms with Crippen LogP contribution >= 0.6 is 0 Å². The van der Waals surface area contributed by atoms with Crippen molar-refractivity contribution in [2.75, 3.05) is 5.32 Å². The first-order valence-corrected chi connectivity index (χ1v) is 7.76. The number of nitrogens with one attached hydrogen (secondary N) is 1. The molecule has 1 aromatic rings. The number of amides is 1. The van der Waals surface area contributed by atoms with Crippen molar-refractivity contribution in [2.24, 2.45) is 5.92 Å².